The quantitative estimate of drug-likeness (QED) is 0.532. The average Bonchev–Trinajstić information content (AvgIpc) is 3.00. The number of pyridine rings is 1. The van der Waals surface area contributed by atoms with Crippen molar-refractivity contribution in [3.63, 3.8) is 0 Å². The van der Waals surface area contributed by atoms with Crippen molar-refractivity contribution in [2.45, 2.75) is 25.6 Å². The Morgan fingerprint density at radius 3 is 2.47 bits per heavy atom. The number of benzodiazepines with no additional fused rings is 1. The number of carbonyl (C=O) groups is 3. The smallest absolute Gasteiger partial charge is 0.272 e. The van der Waals surface area contributed by atoms with Crippen LogP contribution in [0.25, 0.3) is 0 Å². The molecule has 0 fully saturated rings. The summed E-state index contributed by atoms with van der Waals surface area (Å²) >= 11 is 0. The number of aliphatic imine (C=N–C) groups is 1. The van der Waals surface area contributed by atoms with Crippen molar-refractivity contribution >= 4 is 29.1 Å². The highest BCUT2D eigenvalue weighted by Gasteiger charge is 2.32. The van der Waals surface area contributed by atoms with E-state index in [1.807, 2.05) is 30.3 Å². The number of hydrogen-bond acceptors (Lipinski definition) is 6. The first-order valence-corrected chi connectivity index (χ1v) is 11.5. The van der Waals surface area contributed by atoms with Gasteiger partial charge in [0.1, 0.15) is 11.8 Å². The summed E-state index contributed by atoms with van der Waals surface area (Å²) in [6, 6.07) is 19.0. The summed E-state index contributed by atoms with van der Waals surface area (Å²) in [7, 11) is 3.21. The van der Waals surface area contributed by atoms with Gasteiger partial charge in [-0.15, -0.1) is 0 Å². The number of benzene rings is 2. The van der Waals surface area contributed by atoms with Crippen LogP contribution in [-0.4, -0.2) is 54.8 Å². The number of likely N-dealkylation sites (N-methyl/N-ethyl adjacent to an activating group) is 1. The lowest BCUT2D eigenvalue weighted by Crippen LogP contribution is -2.52. The van der Waals surface area contributed by atoms with Crippen LogP contribution in [0, 0.1) is 0 Å². The molecule has 0 spiro atoms. The zero-order chi connectivity index (χ0) is 25.7. The summed E-state index contributed by atoms with van der Waals surface area (Å²) in [5, 5.41) is 5.36. The fraction of sp³-hybridized carbons (Fsp3) is 0.222. The molecule has 1 aliphatic rings. The first-order valence-electron chi connectivity index (χ1n) is 11.5. The molecular weight excluding hydrogens is 458 g/mol. The molecule has 0 saturated carbocycles. The van der Waals surface area contributed by atoms with Gasteiger partial charge in [0.15, 0.2) is 0 Å². The minimum absolute atomic E-state index is 0.101. The molecule has 36 heavy (non-hydrogen) atoms. The number of anilines is 1. The number of ether oxygens (including phenoxy) is 1. The third kappa shape index (κ3) is 5.41. The molecule has 1 aliphatic heterocycles. The van der Waals surface area contributed by atoms with Crippen LogP contribution in [0.2, 0.25) is 0 Å². The molecule has 3 amide bonds. The van der Waals surface area contributed by atoms with Gasteiger partial charge < -0.3 is 20.3 Å². The Balaban J connectivity index is 1.51. The van der Waals surface area contributed by atoms with Gasteiger partial charge in [-0.1, -0.05) is 36.4 Å². The molecule has 1 aromatic heterocycles. The van der Waals surface area contributed by atoms with Gasteiger partial charge in [0.25, 0.3) is 5.91 Å². The molecule has 0 radical (unpaired) electrons. The van der Waals surface area contributed by atoms with Crippen molar-refractivity contribution < 1.29 is 19.1 Å². The minimum atomic E-state index is -1.19. The van der Waals surface area contributed by atoms with Crippen molar-refractivity contribution in [1.29, 1.82) is 0 Å². The number of nitrogens with one attached hydrogen (secondary N) is 2. The lowest BCUT2D eigenvalue weighted by atomic mass is 10.0. The maximum atomic E-state index is 13.2. The Morgan fingerprint density at radius 2 is 1.78 bits per heavy atom. The van der Waals surface area contributed by atoms with Crippen LogP contribution in [0.1, 0.15) is 23.7 Å². The van der Waals surface area contributed by atoms with E-state index in [2.05, 4.69) is 20.6 Å². The molecule has 2 heterocycles. The van der Waals surface area contributed by atoms with Crippen molar-refractivity contribution in [3.8, 4) is 5.75 Å². The molecule has 2 N–H and O–H groups in total. The van der Waals surface area contributed by atoms with Gasteiger partial charge in [-0.2, -0.15) is 0 Å². The second-order valence-corrected chi connectivity index (χ2v) is 8.33. The molecule has 184 valence electrons. The Labute approximate surface area is 209 Å². The zero-order valence-electron chi connectivity index (χ0n) is 20.3. The van der Waals surface area contributed by atoms with Gasteiger partial charge in [0.05, 0.1) is 30.6 Å². The second-order valence-electron chi connectivity index (χ2n) is 8.33. The van der Waals surface area contributed by atoms with Crippen molar-refractivity contribution in [1.82, 2.24) is 15.6 Å². The number of nitrogens with zero attached hydrogens (tertiary/aromatic N) is 3. The number of fused-ring (bicyclic) bond motifs is 1. The van der Waals surface area contributed by atoms with Crippen LogP contribution >= 0.6 is 0 Å². The average molecular weight is 486 g/mol. The first-order chi connectivity index (χ1) is 17.4. The topological polar surface area (TPSA) is 113 Å². The summed E-state index contributed by atoms with van der Waals surface area (Å²) in [6.45, 7) is 1.56. The van der Waals surface area contributed by atoms with Crippen molar-refractivity contribution in [2.75, 3.05) is 19.1 Å². The van der Waals surface area contributed by atoms with Crippen LogP contribution in [0.4, 0.5) is 5.69 Å². The summed E-state index contributed by atoms with van der Waals surface area (Å²) < 4.78 is 5.12. The summed E-state index contributed by atoms with van der Waals surface area (Å²) in [6.07, 6.45) is 0.558. The third-order valence-corrected chi connectivity index (χ3v) is 5.82. The maximum Gasteiger partial charge on any atom is 0.272 e. The molecule has 2 aromatic carbocycles. The van der Waals surface area contributed by atoms with Gasteiger partial charge in [-0.3, -0.25) is 19.4 Å². The molecule has 4 rings (SSSR count). The summed E-state index contributed by atoms with van der Waals surface area (Å²) in [5.74, 6) is -0.562. The van der Waals surface area contributed by atoms with Gasteiger partial charge in [-0.05, 0) is 42.8 Å². The van der Waals surface area contributed by atoms with E-state index in [1.54, 1.807) is 63.7 Å². The Hall–Kier alpha value is -4.53. The molecule has 0 aliphatic carbocycles. The number of rotatable bonds is 7. The van der Waals surface area contributed by atoms with Crippen LogP contribution in [-0.2, 0) is 20.8 Å². The van der Waals surface area contributed by atoms with Gasteiger partial charge in [-0.25, -0.2) is 4.99 Å². The number of methoxy groups -OCH3 is 1. The van der Waals surface area contributed by atoms with Crippen LogP contribution < -0.4 is 20.3 Å². The number of amides is 3. The first kappa shape index (κ1) is 24.6. The fourth-order valence-electron chi connectivity index (χ4n) is 3.87. The highest BCUT2D eigenvalue weighted by molar-refractivity contribution is 6.19. The zero-order valence-corrected chi connectivity index (χ0v) is 20.3. The van der Waals surface area contributed by atoms with Crippen LogP contribution in [0.5, 0.6) is 5.75 Å². The van der Waals surface area contributed by atoms with Crippen molar-refractivity contribution in [2.24, 2.45) is 4.99 Å². The fourth-order valence-corrected chi connectivity index (χ4v) is 3.87. The van der Waals surface area contributed by atoms with Gasteiger partial charge in [0, 0.05) is 18.8 Å². The molecule has 9 heteroatoms. The highest BCUT2D eigenvalue weighted by Crippen LogP contribution is 2.26. The number of aromatic nitrogens is 1. The molecule has 2 atom stereocenters. The Bertz CT molecular complexity index is 1290. The van der Waals surface area contributed by atoms with Crippen molar-refractivity contribution in [3.05, 3.63) is 89.7 Å². The van der Waals surface area contributed by atoms with Crippen LogP contribution in [0.15, 0.2) is 77.9 Å². The molecule has 2 unspecified atom stereocenters. The SMILES string of the molecule is COc1ccc(CC(=O)NC(C)C(=O)NC2N=C(c3ccccn3)c3ccccc3N(C)C2=O)cc1. The predicted molar refractivity (Wildman–Crippen MR) is 136 cm³/mol. The van der Waals surface area contributed by atoms with Gasteiger partial charge >= 0.3 is 0 Å². The summed E-state index contributed by atoms with van der Waals surface area (Å²) in [4.78, 5) is 49.2. The number of hydrogen-bond donors (Lipinski definition) is 2. The standard InChI is InChI=1S/C27H27N5O4/c1-17(29-23(33)16-18-11-13-19(36-3)14-12-18)26(34)31-25-27(35)32(2)22-10-5-4-8-20(22)24(30-25)21-9-6-7-15-28-21/h4-15,17,25H,16H2,1-3H3,(H,29,33)(H,31,34). The van der Waals surface area contributed by atoms with Crippen LogP contribution in [0.3, 0.4) is 0 Å². The van der Waals surface area contributed by atoms with E-state index in [1.165, 1.54) is 4.90 Å². The molecule has 3 aromatic rings. The molecule has 9 nitrogen and oxygen atoms in total. The molecular formula is C27H27N5O4. The highest BCUT2D eigenvalue weighted by atomic mass is 16.5. The molecule has 0 saturated heterocycles. The van der Waals surface area contributed by atoms with E-state index in [9.17, 15) is 14.4 Å². The van der Waals surface area contributed by atoms with E-state index >= 15 is 0 Å². The Morgan fingerprint density at radius 1 is 1.06 bits per heavy atom. The van der Waals surface area contributed by atoms with E-state index in [-0.39, 0.29) is 12.3 Å². The third-order valence-electron chi connectivity index (χ3n) is 5.82. The normalized spacial score (nSPS) is 15.8. The summed E-state index contributed by atoms with van der Waals surface area (Å²) in [5.41, 5.74) is 3.23. The number of carbonyl (C=O) groups excluding carboxylic acids is 3. The second kappa shape index (κ2) is 10.8. The van der Waals surface area contributed by atoms with E-state index in [0.717, 1.165) is 11.1 Å². The largest absolute Gasteiger partial charge is 0.497 e. The number of para-hydroxylation sites is 1. The lowest BCUT2D eigenvalue weighted by molar-refractivity contribution is -0.130. The van der Waals surface area contributed by atoms with E-state index in [0.29, 0.717) is 22.8 Å². The lowest BCUT2D eigenvalue weighted by Gasteiger charge is -2.22. The Kier molecular flexibility index (Phi) is 7.39. The van der Waals surface area contributed by atoms with E-state index < -0.39 is 24.0 Å². The van der Waals surface area contributed by atoms with Gasteiger partial charge in [0.2, 0.25) is 18.0 Å². The molecule has 0 bridgehead atoms. The minimum Gasteiger partial charge on any atom is -0.497 e. The monoisotopic (exact) mass is 485 g/mol. The van der Waals surface area contributed by atoms with E-state index in [4.69, 9.17) is 4.74 Å². The maximum absolute atomic E-state index is 13.2. The predicted octanol–water partition coefficient (Wildman–Crippen LogP) is 2.09.